The van der Waals surface area contributed by atoms with Gasteiger partial charge in [-0.1, -0.05) is 31.5 Å². The van der Waals surface area contributed by atoms with Crippen LogP contribution in [0.15, 0.2) is 18.2 Å². The molecule has 0 radical (unpaired) electrons. The molecular weight excluding hydrogens is 284 g/mol. The first-order chi connectivity index (χ1) is 9.93. The van der Waals surface area contributed by atoms with Gasteiger partial charge in [0.1, 0.15) is 0 Å². The van der Waals surface area contributed by atoms with Gasteiger partial charge in [0.25, 0.3) is 0 Å². The summed E-state index contributed by atoms with van der Waals surface area (Å²) in [5.41, 5.74) is 2.34. The number of nitrogens with one attached hydrogen (secondary N) is 1. The third-order valence-electron chi connectivity index (χ3n) is 4.87. The van der Waals surface area contributed by atoms with E-state index < -0.39 is 0 Å². The predicted molar refractivity (Wildman–Crippen MR) is 91.6 cm³/mol. The van der Waals surface area contributed by atoms with E-state index in [9.17, 15) is 0 Å². The van der Waals surface area contributed by atoms with Crippen molar-refractivity contribution in [1.29, 1.82) is 0 Å². The van der Waals surface area contributed by atoms with Gasteiger partial charge in [0, 0.05) is 32.2 Å². The lowest BCUT2D eigenvalue weighted by molar-refractivity contribution is -0.109. The van der Waals surface area contributed by atoms with Crippen molar-refractivity contribution in [3.8, 4) is 0 Å². The van der Waals surface area contributed by atoms with Crippen LogP contribution in [0.25, 0.3) is 0 Å². The van der Waals surface area contributed by atoms with Crippen LogP contribution in [0.4, 0.5) is 11.4 Å². The smallest absolute Gasteiger partial charge is 0.0786 e. The number of rotatable bonds is 6. The molecule has 3 unspecified atom stereocenters. The Balaban J connectivity index is 2.18. The topological polar surface area (TPSA) is 24.5 Å². The molecule has 0 aromatic heterocycles. The average Bonchev–Trinajstić information content (AvgIpc) is 2.44. The van der Waals surface area contributed by atoms with Crippen molar-refractivity contribution >= 4 is 23.0 Å². The van der Waals surface area contributed by atoms with E-state index in [4.69, 9.17) is 16.3 Å². The van der Waals surface area contributed by atoms with Crippen molar-refractivity contribution in [2.24, 2.45) is 5.41 Å². The van der Waals surface area contributed by atoms with E-state index in [2.05, 4.69) is 37.1 Å². The zero-order valence-corrected chi connectivity index (χ0v) is 14.5. The van der Waals surface area contributed by atoms with Gasteiger partial charge in [0.2, 0.25) is 0 Å². The van der Waals surface area contributed by atoms with Crippen LogP contribution in [0.5, 0.6) is 0 Å². The van der Waals surface area contributed by atoms with Crippen LogP contribution in [-0.2, 0) is 4.74 Å². The quantitative estimate of drug-likeness (QED) is 0.842. The van der Waals surface area contributed by atoms with Gasteiger partial charge in [0.15, 0.2) is 0 Å². The molecule has 21 heavy (non-hydrogen) atoms. The Morgan fingerprint density at radius 1 is 1.38 bits per heavy atom. The first-order valence-electron chi connectivity index (χ1n) is 7.78. The minimum absolute atomic E-state index is 0.182. The maximum absolute atomic E-state index is 6.35. The molecule has 3 nitrogen and oxygen atoms in total. The Kier molecular flexibility index (Phi) is 5.05. The number of halogens is 1. The van der Waals surface area contributed by atoms with Gasteiger partial charge in [-0.3, -0.25) is 0 Å². The van der Waals surface area contributed by atoms with Crippen LogP contribution in [0, 0.1) is 5.41 Å². The Labute approximate surface area is 133 Å². The number of nitrogens with zero attached hydrogens (tertiary/aromatic N) is 1. The highest BCUT2D eigenvalue weighted by atomic mass is 35.5. The highest BCUT2D eigenvalue weighted by molar-refractivity contribution is 6.34. The number of hydrogen-bond acceptors (Lipinski definition) is 3. The third kappa shape index (κ3) is 3.00. The first-order valence-corrected chi connectivity index (χ1v) is 8.15. The van der Waals surface area contributed by atoms with Crippen molar-refractivity contribution < 1.29 is 4.74 Å². The van der Waals surface area contributed by atoms with Gasteiger partial charge in [-0.25, -0.2) is 0 Å². The van der Waals surface area contributed by atoms with Gasteiger partial charge in [-0.05, 0) is 31.9 Å². The van der Waals surface area contributed by atoms with Crippen molar-refractivity contribution in [3.63, 3.8) is 0 Å². The molecule has 1 fully saturated rings. The zero-order chi connectivity index (χ0) is 15.6. The summed E-state index contributed by atoms with van der Waals surface area (Å²) in [6.45, 7) is 7.41. The summed E-state index contributed by atoms with van der Waals surface area (Å²) in [6, 6.07) is 6.46. The van der Waals surface area contributed by atoms with Crippen LogP contribution >= 0.6 is 11.6 Å². The molecule has 1 aliphatic carbocycles. The molecule has 3 atom stereocenters. The van der Waals surface area contributed by atoms with E-state index in [1.807, 2.05) is 26.2 Å². The van der Waals surface area contributed by atoms with E-state index in [1.165, 1.54) is 0 Å². The van der Waals surface area contributed by atoms with Crippen molar-refractivity contribution in [2.45, 2.75) is 45.8 Å². The monoisotopic (exact) mass is 310 g/mol. The lowest BCUT2D eigenvalue weighted by Crippen LogP contribution is -2.59. The highest BCUT2D eigenvalue weighted by Gasteiger charge is 2.51. The largest absolute Gasteiger partial charge is 0.380 e. The minimum Gasteiger partial charge on any atom is -0.380 e. The molecule has 1 aliphatic rings. The summed E-state index contributed by atoms with van der Waals surface area (Å²) in [6.07, 6.45) is 2.51. The Bertz CT molecular complexity index is 492. The predicted octanol–water partition coefficient (Wildman–Crippen LogP) is 4.41. The second kappa shape index (κ2) is 6.45. The molecule has 1 saturated carbocycles. The number of para-hydroxylation sites is 1. The van der Waals surface area contributed by atoms with Crippen molar-refractivity contribution in [2.75, 3.05) is 30.9 Å². The fourth-order valence-electron chi connectivity index (χ4n) is 3.25. The summed E-state index contributed by atoms with van der Waals surface area (Å²) in [7, 11) is 4.05. The van der Waals surface area contributed by atoms with Gasteiger partial charge < -0.3 is 15.0 Å². The minimum atomic E-state index is 0.182. The first kappa shape index (κ1) is 16.4. The zero-order valence-electron chi connectivity index (χ0n) is 13.7. The summed E-state index contributed by atoms with van der Waals surface area (Å²) in [4.78, 5) is 2.06. The summed E-state index contributed by atoms with van der Waals surface area (Å²) in [5, 5.41) is 4.47. The van der Waals surface area contributed by atoms with Gasteiger partial charge in [0.05, 0.1) is 22.5 Å². The molecule has 1 aromatic carbocycles. The molecule has 118 valence electrons. The molecule has 4 heteroatoms. The Morgan fingerprint density at radius 3 is 2.67 bits per heavy atom. The molecule has 1 N–H and O–H groups in total. The van der Waals surface area contributed by atoms with Gasteiger partial charge in [-0.2, -0.15) is 0 Å². The van der Waals surface area contributed by atoms with E-state index in [0.717, 1.165) is 35.8 Å². The van der Waals surface area contributed by atoms with Crippen LogP contribution in [0.3, 0.4) is 0 Å². The number of anilines is 2. The summed E-state index contributed by atoms with van der Waals surface area (Å²) >= 11 is 6.35. The van der Waals surface area contributed by atoms with E-state index >= 15 is 0 Å². The fraction of sp³-hybridized carbons (Fsp3) is 0.647. The lowest BCUT2D eigenvalue weighted by atomic mass is 9.61. The maximum Gasteiger partial charge on any atom is 0.0786 e. The van der Waals surface area contributed by atoms with E-state index in [0.29, 0.717) is 12.1 Å². The lowest BCUT2D eigenvalue weighted by Gasteiger charge is -2.54. The summed E-state index contributed by atoms with van der Waals surface area (Å²) < 4.78 is 5.88. The third-order valence-corrected chi connectivity index (χ3v) is 5.18. The Morgan fingerprint density at radius 2 is 2.10 bits per heavy atom. The van der Waals surface area contributed by atoms with E-state index in [1.54, 1.807) is 0 Å². The average molecular weight is 311 g/mol. The summed E-state index contributed by atoms with van der Waals surface area (Å²) in [5.74, 6) is 0. The molecule has 1 aromatic rings. The van der Waals surface area contributed by atoms with Crippen LogP contribution in [0.2, 0.25) is 5.02 Å². The molecule has 2 rings (SSSR count). The molecule has 0 aliphatic heterocycles. The number of hydrogen-bond donors (Lipinski definition) is 1. The second-order valence-corrected chi connectivity index (χ2v) is 6.67. The van der Waals surface area contributed by atoms with Gasteiger partial charge in [-0.15, -0.1) is 0 Å². The number of ether oxygens (including phenoxy) is 1. The van der Waals surface area contributed by atoms with Crippen molar-refractivity contribution in [3.05, 3.63) is 23.2 Å². The molecule has 0 saturated heterocycles. The maximum atomic E-state index is 6.35. The number of benzene rings is 1. The second-order valence-electron chi connectivity index (χ2n) is 6.27. The molecule has 0 bridgehead atoms. The van der Waals surface area contributed by atoms with Crippen LogP contribution in [0.1, 0.15) is 33.6 Å². The van der Waals surface area contributed by atoms with Crippen LogP contribution in [-0.4, -0.2) is 32.8 Å². The molecule has 0 heterocycles. The molecule has 0 spiro atoms. The normalized spacial score (nSPS) is 28.1. The fourth-order valence-corrected chi connectivity index (χ4v) is 3.59. The Hall–Kier alpha value is -0.930. The molecule has 0 amide bonds. The highest BCUT2D eigenvalue weighted by Crippen LogP contribution is 2.48. The SMILES string of the molecule is CCOC1CC(Nc2cccc(Cl)c2N(C)C)C1(C)CC. The molecular formula is C17H27ClN2O. The van der Waals surface area contributed by atoms with Gasteiger partial charge >= 0.3 is 0 Å². The van der Waals surface area contributed by atoms with Crippen LogP contribution < -0.4 is 10.2 Å². The van der Waals surface area contributed by atoms with E-state index in [-0.39, 0.29) is 5.41 Å². The van der Waals surface area contributed by atoms with Crippen molar-refractivity contribution in [1.82, 2.24) is 0 Å². The standard InChI is InChI=1S/C17H27ClN2O/c1-6-17(3)14(11-15(17)21-7-2)19-13-10-8-9-12(18)16(13)20(4)5/h8-10,14-15,19H,6-7,11H2,1-5H3.